The molecule has 0 aromatic rings. The van der Waals surface area contributed by atoms with E-state index in [-0.39, 0.29) is 21.1 Å². The molecule has 0 N–H and O–H groups in total. The van der Waals surface area contributed by atoms with Crippen LogP contribution in [0.5, 0.6) is 0 Å². The van der Waals surface area contributed by atoms with Gasteiger partial charge in [-0.3, -0.25) is 19.2 Å². The molecule has 0 atom stereocenters. The van der Waals surface area contributed by atoms with Crippen LogP contribution in [0, 0.1) is 0 Å². The van der Waals surface area contributed by atoms with Gasteiger partial charge in [0, 0.05) is 28.4 Å². The van der Waals surface area contributed by atoms with Crippen molar-refractivity contribution >= 4 is 40.3 Å². The smallest absolute Gasteiger partial charge is 0.397 e. The van der Waals surface area contributed by atoms with Crippen LogP contribution in [0.3, 0.4) is 0 Å². The fourth-order valence-electron chi connectivity index (χ4n) is 3.32. The van der Waals surface area contributed by atoms with E-state index in [2.05, 4.69) is 17.7 Å². The quantitative estimate of drug-likeness (QED) is 0.158. The number of alkyl halides is 12. The zero-order valence-corrected chi connectivity index (χ0v) is 26.0. The first-order valence-electron chi connectivity index (χ1n) is 10.4. The van der Waals surface area contributed by atoms with E-state index in [1.807, 2.05) is 0 Å². The molecule has 23 heteroatoms. The largest absolute Gasteiger partial charge is 2.00 e. The maximum atomic E-state index is 12.4. The molecule has 0 radical (unpaired) electrons. The SMILES string of the molecule is CC[Si](OC)(OC)C(C(=O)C(F)(F)F)C(=O)C(F)(F)F.CC[Si](OC)(OC)C(C(=O)C(F)(F)F)C(=O)C(F)(F)F.[Pt+2]. The maximum absolute atomic E-state index is 12.4. The second-order valence-corrected chi connectivity index (χ2v) is 14.9. The van der Waals surface area contributed by atoms with Crippen LogP contribution in [0.4, 0.5) is 52.7 Å². The van der Waals surface area contributed by atoms with Crippen molar-refractivity contribution in [2.24, 2.45) is 0 Å². The van der Waals surface area contributed by atoms with Crippen LogP contribution in [0.1, 0.15) is 13.8 Å². The van der Waals surface area contributed by atoms with E-state index in [0.717, 1.165) is 28.4 Å². The number of ketones is 4. The summed E-state index contributed by atoms with van der Waals surface area (Å²) in [5, 5.41) is 0. The Labute approximate surface area is 241 Å². The number of carbonyl (C=O) groups is 4. The molecule has 0 aromatic heterocycles. The molecule has 0 unspecified atom stereocenters. The summed E-state index contributed by atoms with van der Waals surface area (Å²) in [5.41, 5.74) is -6.08. The topological polar surface area (TPSA) is 105 Å². The Morgan fingerprint density at radius 3 is 0.707 bits per heavy atom. The van der Waals surface area contributed by atoms with Crippen molar-refractivity contribution in [2.45, 2.75) is 61.7 Å². The molecule has 41 heavy (non-hydrogen) atoms. The molecule has 0 amide bonds. The Morgan fingerprint density at radius 2 is 0.634 bits per heavy atom. The minimum Gasteiger partial charge on any atom is -0.397 e. The van der Waals surface area contributed by atoms with Crippen LogP contribution < -0.4 is 0 Å². The Balaban J connectivity index is -0.000000688. The van der Waals surface area contributed by atoms with Crippen molar-refractivity contribution in [2.75, 3.05) is 28.4 Å². The Kier molecular flexibility index (Phi) is 17.3. The van der Waals surface area contributed by atoms with Crippen molar-refractivity contribution in [1.29, 1.82) is 0 Å². The predicted octanol–water partition coefficient (Wildman–Crippen LogP) is 4.75. The number of carbonyl (C=O) groups excluding carboxylic acids is 4. The van der Waals surface area contributed by atoms with Crippen LogP contribution >= 0.6 is 0 Å². The average molecular weight is 848 g/mol. The maximum Gasteiger partial charge on any atom is 2.00 e. The Bertz CT molecular complexity index is 757. The third-order valence-electron chi connectivity index (χ3n) is 5.41. The zero-order chi connectivity index (χ0) is 32.7. The number of hydrogen-bond acceptors (Lipinski definition) is 8. The molecule has 0 aliphatic carbocycles. The minimum absolute atomic E-state index is 0. The molecule has 0 saturated heterocycles. The van der Waals surface area contributed by atoms with Gasteiger partial charge in [-0.15, -0.1) is 0 Å². The van der Waals surface area contributed by atoms with E-state index in [4.69, 9.17) is 0 Å². The van der Waals surface area contributed by atoms with Crippen LogP contribution in [0.15, 0.2) is 0 Å². The van der Waals surface area contributed by atoms with Gasteiger partial charge >= 0.3 is 62.9 Å². The summed E-state index contributed by atoms with van der Waals surface area (Å²) in [6.07, 6.45) is -22.4. The van der Waals surface area contributed by atoms with Gasteiger partial charge in [0.15, 0.2) is 0 Å². The van der Waals surface area contributed by atoms with E-state index in [0.29, 0.717) is 0 Å². The minimum atomic E-state index is -5.60. The third kappa shape index (κ3) is 11.1. The van der Waals surface area contributed by atoms with E-state index >= 15 is 0 Å². The van der Waals surface area contributed by atoms with E-state index in [1.165, 1.54) is 13.8 Å². The standard InChI is InChI=1S/2C9H12F6O4Si.Pt/c2*1-4-20(18-2,19-3)5(6(16)8(10,11)12)7(17)9(13,14)15;/h2*5H,4H2,1-3H3;/q;;+2. The first-order valence-corrected chi connectivity index (χ1v) is 14.6. The summed E-state index contributed by atoms with van der Waals surface area (Å²) in [6, 6.07) is -0.872. The fraction of sp³-hybridized carbons (Fsp3) is 0.778. The summed E-state index contributed by atoms with van der Waals surface area (Å²) in [5.74, 6) is -11.2. The molecule has 244 valence electrons. The fourth-order valence-corrected chi connectivity index (χ4v) is 8.82. The van der Waals surface area contributed by atoms with Crippen LogP contribution in [-0.4, -0.2) is 93.4 Å². The van der Waals surface area contributed by atoms with Gasteiger partial charge in [0.25, 0.3) is 0 Å². The molecule has 0 aromatic carbocycles. The van der Waals surface area contributed by atoms with Gasteiger partial charge in [0.1, 0.15) is 11.1 Å². The number of hydrogen-bond donors (Lipinski definition) is 0. The van der Waals surface area contributed by atoms with Gasteiger partial charge in [0.2, 0.25) is 23.1 Å². The summed E-state index contributed by atoms with van der Waals surface area (Å²) in [7, 11) is -5.44. The second-order valence-electron chi connectivity index (χ2n) is 7.46. The molecule has 0 spiro atoms. The predicted molar refractivity (Wildman–Crippen MR) is 112 cm³/mol. The summed E-state index contributed by atoms with van der Waals surface area (Å²) >= 11 is 0. The molecule has 0 bridgehead atoms. The zero-order valence-electron chi connectivity index (χ0n) is 21.7. The van der Waals surface area contributed by atoms with Gasteiger partial charge < -0.3 is 17.7 Å². The molecule has 0 rings (SSSR count). The third-order valence-corrected chi connectivity index (χ3v) is 13.0. The normalized spacial score (nSPS) is 13.4. The van der Waals surface area contributed by atoms with Crippen LogP contribution in [0.25, 0.3) is 0 Å². The molecule has 0 heterocycles. The van der Waals surface area contributed by atoms with Gasteiger partial charge in [-0.25, -0.2) is 0 Å². The first kappa shape index (κ1) is 44.2. The summed E-state index contributed by atoms with van der Waals surface area (Å²) in [4.78, 5) is 44.8. The number of halogens is 12. The molecule has 0 aliphatic heterocycles. The summed E-state index contributed by atoms with van der Waals surface area (Å²) in [6.45, 7) is 2.36. The van der Waals surface area contributed by atoms with Crippen LogP contribution in [-0.2, 0) is 57.9 Å². The monoisotopic (exact) mass is 847 g/mol. The van der Waals surface area contributed by atoms with Crippen molar-refractivity contribution < 1.29 is 111 Å². The van der Waals surface area contributed by atoms with Gasteiger partial charge in [0.05, 0.1) is 0 Å². The van der Waals surface area contributed by atoms with E-state index < -0.39 is 88.1 Å². The second kappa shape index (κ2) is 16.0. The van der Waals surface area contributed by atoms with Gasteiger partial charge in [-0.05, 0) is 12.1 Å². The van der Waals surface area contributed by atoms with E-state index in [9.17, 15) is 71.9 Å². The molecular weight excluding hydrogens is 823 g/mol. The van der Waals surface area contributed by atoms with Crippen molar-refractivity contribution in [3.8, 4) is 0 Å². The van der Waals surface area contributed by atoms with Crippen molar-refractivity contribution in [3.63, 3.8) is 0 Å². The van der Waals surface area contributed by atoms with E-state index in [1.54, 1.807) is 0 Å². The first-order chi connectivity index (χ1) is 17.7. The van der Waals surface area contributed by atoms with Crippen molar-refractivity contribution in [3.05, 3.63) is 0 Å². The van der Waals surface area contributed by atoms with Gasteiger partial charge in [-0.2, -0.15) is 52.7 Å². The van der Waals surface area contributed by atoms with Gasteiger partial charge in [-0.1, -0.05) is 13.8 Å². The number of rotatable bonds is 12. The van der Waals surface area contributed by atoms with Crippen molar-refractivity contribution in [1.82, 2.24) is 0 Å². The molecule has 0 saturated carbocycles. The van der Waals surface area contributed by atoms with Crippen LogP contribution in [0.2, 0.25) is 23.2 Å². The molecule has 0 fully saturated rings. The summed E-state index contributed by atoms with van der Waals surface area (Å²) < 4.78 is 168. The molecular formula is C18H24F12O8PtSi2+2. The Morgan fingerprint density at radius 1 is 0.488 bits per heavy atom. The molecule has 0 aliphatic rings. The molecule has 8 nitrogen and oxygen atoms in total. The Hall–Kier alpha value is -1.20. The number of Topliss-reactive ketones (excluding diaryl/α,β-unsaturated/α-hetero) is 4. The average Bonchev–Trinajstić information content (AvgIpc) is 2.82.